The van der Waals surface area contributed by atoms with Crippen molar-refractivity contribution in [3.05, 3.63) is 56.5 Å². The molecule has 112 valence electrons. The van der Waals surface area contributed by atoms with E-state index in [0.717, 1.165) is 27.9 Å². The summed E-state index contributed by atoms with van der Waals surface area (Å²) in [5.41, 5.74) is 2.12. The van der Waals surface area contributed by atoms with E-state index in [1.165, 1.54) is 0 Å². The van der Waals surface area contributed by atoms with Crippen molar-refractivity contribution < 1.29 is 4.74 Å². The number of methoxy groups -OCH3 is 1. The summed E-state index contributed by atoms with van der Waals surface area (Å²) in [7, 11) is 1.65. The molecule has 0 fully saturated rings. The Morgan fingerprint density at radius 3 is 2.48 bits per heavy atom. The highest BCUT2D eigenvalue weighted by molar-refractivity contribution is 9.10. The molecule has 0 aliphatic heterocycles. The lowest BCUT2D eigenvalue weighted by Crippen LogP contribution is -2.09. The third-order valence-corrected chi connectivity index (χ3v) is 4.61. The first-order valence-electron chi connectivity index (χ1n) is 6.60. The molecule has 0 spiro atoms. The lowest BCUT2D eigenvalue weighted by Gasteiger charge is -2.20. The van der Waals surface area contributed by atoms with Crippen molar-refractivity contribution in [2.75, 3.05) is 12.4 Å². The minimum absolute atomic E-state index is 0.167. The third kappa shape index (κ3) is 4.06. The molecular weight excluding hydrogens is 373 g/mol. The maximum Gasteiger partial charge on any atom is 0.133 e. The van der Waals surface area contributed by atoms with E-state index in [1.54, 1.807) is 7.11 Å². The third-order valence-electron chi connectivity index (χ3n) is 3.25. The van der Waals surface area contributed by atoms with Crippen LogP contribution in [0.3, 0.4) is 0 Å². The summed E-state index contributed by atoms with van der Waals surface area (Å²) in [6, 6.07) is 11.8. The second kappa shape index (κ2) is 7.39. The lowest BCUT2D eigenvalue weighted by atomic mass is 10.0. The lowest BCUT2D eigenvalue weighted by molar-refractivity contribution is 0.412. The molecule has 1 atom stereocenters. The molecule has 21 heavy (non-hydrogen) atoms. The van der Waals surface area contributed by atoms with Crippen LogP contribution in [0.1, 0.15) is 24.9 Å². The Balaban J connectivity index is 2.22. The van der Waals surface area contributed by atoms with Gasteiger partial charge in [0.05, 0.1) is 27.7 Å². The Labute approximate surface area is 143 Å². The number of anilines is 1. The van der Waals surface area contributed by atoms with Crippen molar-refractivity contribution in [2.24, 2.45) is 0 Å². The number of ether oxygens (including phenoxy) is 1. The standard InChI is InChI=1S/C16H16BrCl2NO/c1-3-15(10-4-6-13(18)14(19)8-10)20-11-5-7-16(21-2)12(17)9-11/h4-9,15,20H,3H2,1-2H3. The summed E-state index contributed by atoms with van der Waals surface area (Å²) in [5, 5.41) is 4.64. The minimum atomic E-state index is 0.167. The Bertz CT molecular complexity index is 634. The maximum absolute atomic E-state index is 6.10. The first-order valence-corrected chi connectivity index (χ1v) is 8.15. The quantitative estimate of drug-likeness (QED) is 0.646. The zero-order valence-electron chi connectivity index (χ0n) is 11.8. The van der Waals surface area contributed by atoms with Gasteiger partial charge >= 0.3 is 0 Å². The molecule has 5 heteroatoms. The van der Waals surface area contributed by atoms with Crippen molar-refractivity contribution in [1.29, 1.82) is 0 Å². The molecule has 1 unspecified atom stereocenters. The van der Waals surface area contributed by atoms with Gasteiger partial charge in [-0.25, -0.2) is 0 Å². The first kappa shape index (κ1) is 16.5. The van der Waals surface area contributed by atoms with Crippen molar-refractivity contribution in [2.45, 2.75) is 19.4 Å². The van der Waals surface area contributed by atoms with E-state index in [0.29, 0.717) is 10.0 Å². The fraction of sp³-hybridized carbons (Fsp3) is 0.250. The van der Waals surface area contributed by atoms with Gasteiger partial charge in [0.15, 0.2) is 0 Å². The number of hydrogen-bond donors (Lipinski definition) is 1. The molecule has 2 aromatic carbocycles. The molecule has 0 amide bonds. The van der Waals surface area contributed by atoms with Crippen molar-refractivity contribution in [3.8, 4) is 5.75 Å². The molecule has 0 saturated carbocycles. The predicted octanol–water partition coefficient (Wildman–Crippen LogP) is 6.33. The van der Waals surface area contributed by atoms with Crippen LogP contribution in [0.4, 0.5) is 5.69 Å². The van der Waals surface area contributed by atoms with Crippen LogP contribution in [0.15, 0.2) is 40.9 Å². The molecule has 2 aromatic rings. The monoisotopic (exact) mass is 387 g/mol. The second-order valence-corrected chi connectivity index (χ2v) is 6.30. The van der Waals surface area contributed by atoms with Gasteiger partial charge in [-0.2, -0.15) is 0 Å². The topological polar surface area (TPSA) is 21.3 Å². The molecular formula is C16H16BrCl2NO. The van der Waals surface area contributed by atoms with Gasteiger partial charge in [-0.1, -0.05) is 36.2 Å². The average Bonchev–Trinajstić information content (AvgIpc) is 2.48. The smallest absolute Gasteiger partial charge is 0.133 e. The predicted molar refractivity (Wildman–Crippen MR) is 93.8 cm³/mol. The van der Waals surface area contributed by atoms with Crippen molar-refractivity contribution >= 4 is 44.8 Å². The zero-order chi connectivity index (χ0) is 15.4. The van der Waals surface area contributed by atoms with Crippen LogP contribution in [0.2, 0.25) is 10.0 Å². The first-order chi connectivity index (χ1) is 10.0. The SMILES string of the molecule is CCC(Nc1ccc(OC)c(Br)c1)c1ccc(Cl)c(Cl)c1. The number of halogens is 3. The van der Waals surface area contributed by atoms with E-state index in [1.807, 2.05) is 36.4 Å². The summed E-state index contributed by atoms with van der Waals surface area (Å²) < 4.78 is 6.15. The Kier molecular flexibility index (Phi) is 5.80. The molecule has 0 heterocycles. The molecule has 0 aliphatic carbocycles. The van der Waals surface area contributed by atoms with Gasteiger partial charge < -0.3 is 10.1 Å². The molecule has 0 bridgehead atoms. The summed E-state index contributed by atoms with van der Waals surface area (Å²) in [5.74, 6) is 0.808. The fourth-order valence-electron chi connectivity index (χ4n) is 2.11. The minimum Gasteiger partial charge on any atom is -0.496 e. The van der Waals surface area contributed by atoms with Crippen LogP contribution >= 0.6 is 39.1 Å². The van der Waals surface area contributed by atoms with E-state index < -0.39 is 0 Å². The van der Waals surface area contributed by atoms with Crippen LogP contribution in [0.5, 0.6) is 5.75 Å². The Morgan fingerprint density at radius 2 is 1.90 bits per heavy atom. The number of benzene rings is 2. The molecule has 2 rings (SSSR count). The van der Waals surface area contributed by atoms with Gasteiger partial charge in [0.1, 0.15) is 5.75 Å². The molecule has 0 aromatic heterocycles. The second-order valence-electron chi connectivity index (χ2n) is 4.63. The van der Waals surface area contributed by atoms with Gasteiger partial charge in [0.25, 0.3) is 0 Å². The molecule has 0 radical (unpaired) electrons. The van der Waals surface area contributed by atoms with Crippen LogP contribution in [-0.2, 0) is 0 Å². The summed E-state index contributed by atoms with van der Waals surface area (Å²) >= 11 is 15.6. The van der Waals surface area contributed by atoms with E-state index >= 15 is 0 Å². The number of nitrogens with one attached hydrogen (secondary N) is 1. The van der Waals surface area contributed by atoms with Crippen LogP contribution in [-0.4, -0.2) is 7.11 Å². The van der Waals surface area contributed by atoms with E-state index in [2.05, 4.69) is 28.2 Å². The highest BCUT2D eigenvalue weighted by atomic mass is 79.9. The maximum atomic E-state index is 6.10. The van der Waals surface area contributed by atoms with E-state index in [9.17, 15) is 0 Å². The van der Waals surface area contributed by atoms with Gasteiger partial charge in [0, 0.05) is 5.69 Å². The summed E-state index contributed by atoms with van der Waals surface area (Å²) in [4.78, 5) is 0. The summed E-state index contributed by atoms with van der Waals surface area (Å²) in [6.45, 7) is 2.12. The normalized spacial score (nSPS) is 12.0. The van der Waals surface area contributed by atoms with E-state index in [-0.39, 0.29) is 6.04 Å². The van der Waals surface area contributed by atoms with Crippen molar-refractivity contribution in [3.63, 3.8) is 0 Å². The Morgan fingerprint density at radius 1 is 1.14 bits per heavy atom. The number of hydrogen-bond acceptors (Lipinski definition) is 2. The van der Waals surface area contributed by atoms with Crippen LogP contribution < -0.4 is 10.1 Å². The van der Waals surface area contributed by atoms with Crippen molar-refractivity contribution in [1.82, 2.24) is 0 Å². The van der Waals surface area contributed by atoms with Gasteiger partial charge in [-0.05, 0) is 58.2 Å². The average molecular weight is 389 g/mol. The highest BCUT2D eigenvalue weighted by Gasteiger charge is 2.12. The molecule has 1 N–H and O–H groups in total. The fourth-order valence-corrected chi connectivity index (χ4v) is 2.95. The largest absolute Gasteiger partial charge is 0.496 e. The summed E-state index contributed by atoms with van der Waals surface area (Å²) in [6.07, 6.45) is 0.932. The zero-order valence-corrected chi connectivity index (χ0v) is 14.9. The van der Waals surface area contributed by atoms with Gasteiger partial charge in [-0.15, -0.1) is 0 Å². The Hall–Kier alpha value is -0.900. The molecule has 0 saturated heterocycles. The molecule has 0 aliphatic rings. The van der Waals surface area contributed by atoms with Crippen LogP contribution in [0.25, 0.3) is 0 Å². The molecule has 2 nitrogen and oxygen atoms in total. The highest BCUT2D eigenvalue weighted by Crippen LogP contribution is 2.32. The number of rotatable bonds is 5. The van der Waals surface area contributed by atoms with Crippen LogP contribution in [0, 0.1) is 0 Å². The van der Waals surface area contributed by atoms with Gasteiger partial charge in [0.2, 0.25) is 0 Å². The van der Waals surface area contributed by atoms with Gasteiger partial charge in [-0.3, -0.25) is 0 Å². The van der Waals surface area contributed by atoms with E-state index in [4.69, 9.17) is 27.9 Å².